The molecule has 0 saturated carbocycles. The van der Waals surface area contributed by atoms with Crippen LogP contribution >= 0.6 is 0 Å². The molecule has 0 atom stereocenters. The molecule has 0 bridgehead atoms. The van der Waals surface area contributed by atoms with E-state index in [2.05, 4.69) is 10.2 Å². The molecule has 1 N–H and O–H groups in total. The van der Waals surface area contributed by atoms with E-state index in [9.17, 15) is 4.79 Å². The van der Waals surface area contributed by atoms with Crippen LogP contribution in [-0.4, -0.2) is 16.5 Å². The van der Waals surface area contributed by atoms with E-state index in [-0.39, 0.29) is 0 Å². The van der Waals surface area contributed by atoms with Crippen LogP contribution in [0.2, 0.25) is 0 Å². The van der Waals surface area contributed by atoms with Crippen molar-refractivity contribution in [3.8, 4) is 0 Å². The minimum atomic E-state index is 0.403. The first-order chi connectivity index (χ1) is 5.92. The Bertz CT molecular complexity index is 406. The number of rotatable bonds is 2. The lowest BCUT2D eigenvalue weighted by atomic mass is 10.2. The van der Waals surface area contributed by atoms with E-state index in [1.54, 1.807) is 0 Å². The molecular formula is C9H8N2O. The number of aromatic nitrogens is 2. The second-order valence-corrected chi connectivity index (χ2v) is 2.59. The lowest BCUT2D eigenvalue weighted by Gasteiger charge is -1.88. The number of nitrogens with one attached hydrogen (secondary N) is 1. The average molecular weight is 160 g/mol. The number of hydrogen-bond donors (Lipinski definition) is 1. The van der Waals surface area contributed by atoms with Crippen molar-refractivity contribution < 1.29 is 4.79 Å². The van der Waals surface area contributed by atoms with Gasteiger partial charge in [0.15, 0.2) is 0 Å². The van der Waals surface area contributed by atoms with Gasteiger partial charge in [-0.2, -0.15) is 5.10 Å². The maximum Gasteiger partial charge on any atom is 0.125 e. The van der Waals surface area contributed by atoms with Gasteiger partial charge in [-0.05, 0) is 6.07 Å². The van der Waals surface area contributed by atoms with Crippen LogP contribution in [-0.2, 0) is 11.2 Å². The molecular weight excluding hydrogens is 152 g/mol. The van der Waals surface area contributed by atoms with E-state index in [1.165, 1.54) is 0 Å². The molecule has 60 valence electrons. The molecule has 0 aliphatic rings. The maximum absolute atomic E-state index is 10.3. The zero-order valence-corrected chi connectivity index (χ0v) is 6.45. The highest BCUT2D eigenvalue weighted by molar-refractivity contribution is 5.82. The molecule has 1 heterocycles. The minimum Gasteiger partial charge on any atom is -0.303 e. The normalized spacial score (nSPS) is 10.3. The van der Waals surface area contributed by atoms with Gasteiger partial charge in [0.1, 0.15) is 6.29 Å². The topological polar surface area (TPSA) is 45.8 Å². The Labute approximate surface area is 69.4 Å². The van der Waals surface area contributed by atoms with Crippen LogP contribution in [0, 0.1) is 0 Å². The fourth-order valence-corrected chi connectivity index (χ4v) is 1.25. The summed E-state index contributed by atoms with van der Waals surface area (Å²) in [7, 11) is 0. The van der Waals surface area contributed by atoms with Gasteiger partial charge in [-0.25, -0.2) is 0 Å². The summed E-state index contributed by atoms with van der Waals surface area (Å²) in [6.07, 6.45) is 1.28. The Morgan fingerprint density at radius 3 is 3.08 bits per heavy atom. The van der Waals surface area contributed by atoms with E-state index >= 15 is 0 Å². The number of carbonyl (C=O) groups excluding carboxylic acids is 1. The first kappa shape index (κ1) is 7.03. The van der Waals surface area contributed by atoms with Gasteiger partial charge in [-0.3, -0.25) is 5.10 Å². The van der Waals surface area contributed by atoms with Crippen molar-refractivity contribution in [2.24, 2.45) is 0 Å². The Morgan fingerprint density at radius 1 is 1.42 bits per heavy atom. The van der Waals surface area contributed by atoms with Crippen LogP contribution in [0.5, 0.6) is 0 Å². The number of aromatic amines is 1. The van der Waals surface area contributed by atoms with Crippen LogP contribution in [0.15, 0.2) is 24.3 Å². The molecule has 0 amide bonds. The van der Waals surface area contributed by atoms with Gasteiger partial charge in [-0.1, -0.05) is 18.2 Å². The fourth-order valence-electron chi connectivity index (χ4n) is 1.25. The average Bonchev–Trinajstić information content (AvgIpc) is 2.50. The molecule has 0 fully saturated rings. The SMILES string of the molecule is O=CCc1[nH]nc2ccccc12. The number of aldehydes is 1. The van der Waals surface area contributed by atoms with Crippen molar-refractivity contribution in [2.45, 2.75) is 6.42 Å². The van der Waals surface area contributed by atoms with Crippen molar-refractivity contribution in [2.75, 3.05) is 0 Å². The van der Waals surface area contributed by atoms with E-state index in [0.717, 1.165) is 22.9 Å². The van der Waals surface area contributed by atoms with Gasteiger partial charge >= 0.3 is 0 Å². The highest BCUT2D eigenvalue weighted by atomic mass is 16.1. The van der Waals surface area contributed by atoms with E-state index in [1.807, 2.05) is 24.3 Å². The molecule has 0 aliphatic heterocycles. The summed E-state index contributed by atoms with van der Waals surface area (Å²) < 4.78 is 0. The quantitative estimate of drug-likeness (QED) is 0.673. The smallest absolute Gasteiger partial charge is 0.125 e. The molecule has 0 unspecified atom stereocenters. The van der Waals surface area contributed by atoms with Crippen molar-refractivity contribution in [3.05, 3.63) is 30.0 Å². The molecule has 1 aromatic carbocycles. The standard InChI is InChI=1S/C9H8N2O/c12-6-5-9-7-3-1-2-4-8(7)10-11-9/h1-4,6H,5H2,(H,10,11). The fraction of sp³-hybridized carbons (Fsp3) is 0.111. The molecule has 3 nitrogen and oxygen atoms in total. The molecule has 12 heavy (non-hydrogen) atoms. The highest BCUT2D eigenvalue weighted by Crippen LogP contribution is 2.14. The predicted octanol–water partition coefficient (Wildman–Crippen LogP) is 1.30. The largest absolute Gasteiger partial charge is 0.303 e. The van der Waals surface area contributed by atoms with Gasteiger partial charge in [0.25, 0.3) is 0 Å². The third-order valence-electron chi connectivity index (χ3n) is 1.83. The van der Waals surface area contributed by atoms with Crippen LogP contribution in [0.1, 0.15) is 5.69 Å². The number of nitrogens with zero attached hydrogens (tertiary/aromatic N) is 1. The Morgan fingerprint density at radius 2 is 2.25 bits per heavy atom. The van der Waals surface area contributed by atoms with Gasteiger partial charge in [0.05, 0.1) is 11.2 Å². The Kier molecular flexibility index (Phi) is 1.63. The lowest BCUT2D eigenvalue weighted by molar-refractivity contribution is -0.107. The molecule has 2 aromatic rings. The summed E-state index contributed by atoms with van der Waals surface area (Å²) in [4.78, 5) is 10.3. The number of carbonyl (C=O) groups is 1. The second-order valence-electron chi connectivity index (χ2n) is 2.59. The molecule has 0 radical (unpaired) electrons. The second kappa shape index (κ2) is 2.77. The molecule has 0 aliphatic carbocycles. The lowest BCUT2D eigenvalue weighted by Crippen LogP contribution is -1.85. The minimum absolute atomic E-state index is 0.403. The number of benzene rings is 1. The third-order valence-corrected chi connectivity index (χ3v) is 1.83. The van der Waals surface area contributed by atoms with Gasteiger partial charge in [0, 0.05) is 11.8 Å². The van der Waals surface area contributed by atoms with Gasteiger partial charge in [-0.15, -0.1) is 0 Å². The summed E-state index contributed by atoms with van der Waals surface area (Å²) in [5.74, 6) is 0. The van der Waals surface area contributed by atoms with Crippen LogP contribution < -0.4 is 0 Å². The van der Waals surface area contributed by atoms with E-state index in [4.69, 9.17) is 0 Å². The molecule has 0 saturated heterocycles. The summed E-state index contributed by atoms with van der Waals surface area (Å²) in [5, 5.41) is 7.92. The van der Waals surface area contributed by atoms with E-state index in [0.29, 0.717) is 6.42 Å². The first-order valence-corrected chi connectivity index (χ1v) is 3.77. The maximum atomic E-state index is 10.3. The molecule has 0 spiro atoms. The predicted molar refractivity (Wildman–Crippen MR) is 45.9 cm³/mol. The van der Waals surface area contributed by atoms with Crippen LogP contribution in [0.3, 0.4) is 0 Å². The number of para-hydroxylation sites is 1. The van der Waals surface area contributed by atoms with Crippen molar-refractivity contribution in [1.82, 2.24) is 10.2 Å². The van der Waals surface area contributed by atoms with E-state index < -0.39 is 0 Å². The monoisotopic (exact) mass is 160 g/mol. The molecule has 2 rings (SSSR count). The number of hydrogen-bond acceptors (Lipinski definition) is 2. The first-order valence-electron chi connectivity index (χ1n) is 3.77. The summed E-state index contributed by atoms with van der Waals surface area (Å²) in [6, 6.07) is 7.73. The Balaban J connectivity index is 2.62. The van der Waals surface area contributed by atoms with Crippen molar-refractivity contribution >= 4 is 17.2 Å². The number of fused-ring (bicyclic) bond motifs is 1. The summed E-state index contributed by atoms with van der Waals surface area (Å²) in [5.41, 5.74) is 1.80. The zero-order chi connectivity index (χ0) is 8.39. The zero-order valence-electron chi connectivity index (χ0n) is 6.45. The Hall–Kier alpha value is -1.64. The van der Waals surface area contributed by atoms with Crippen LogP contribution in [0.4, 0.5) is 0 Å². The van der Waals surface area contributed by atoms with Crippen molar-refractivity contribution in [3.63, 3.8) is 0 Å². The number of H-pyrrole nitrogens is 1. The molecule has 3 heteroatoms. The van der Waals surface area contributed by atoms with Crippen molar-refractivity contribution in [1.29, 1.82) is 0 Å². The third kappa shape index (κ3) is 0.993. The summed E-state index contributed by atoms with van der Waals surface area (Å²) >= 11 is 0. The molecule has 1 aromatic heterocycles. The van der Waals surface area contributed by atoms with Crippen LogP contribution in [0.25, 0.3) is 10.9 Å². The van der Waals surface area contributed by atoms with Gasteiger partial charge in [0.2, 0.25) is 0 Å². The van der Waals surface area contributed by atoms with Gasteiger partial charge < -0.3 is 4.79 Å². The summed E-state index contributed by atoms with van der Waals surface area (Å²) in [6.45, 7) is 0. The highest BCUT2D eigenvalue weighted by Gasteiger charge is 2.01.